The summed E-state index contributed by atoms with van der Waals surface area (Å²) in [6.45, 7) is 8.53. The molecule has 1 unspecified atom stereocenters. The summed E-state index contributed by atoms with van der Waals surface area (Å²) in [5.41, 5.74) is 2.20. The van der Waals surface area contributed by atoms with Crippen molar-refractivity contribution in [3.05, 3.63) is 51.9 Å². The van der Waals surface area contributed by atoms with Crippen LogP contribution in [0, 0.1) is 5.92 Å². The summed E-state index contributed by atoms with van der Waals surface area (Å²) >= 11 is 8.94. The average molecular weight is 561 g/mol. The largest absolute Gasteiger partial charge is 0.496 e. The zero-order valence-corrected chi connectivity index (χ0v) is 23.4. The lowest BCUT2D eigenvalue weighted by Crippen LogP contribution is -2.18. The van der Waals surface area contributed by atoms with E-state index in [0.29, 0.717) is 50.3 Å². The van der Waals surface area contributed by atoms with Crippen LogP contribution in [0.15, 0.2) is 36.0 Å². The second-order valence-corrected chi connectivity index (χ2v) is 11.1. The number of aromatic nitrogens is 3. The van der Waals surface area contributed by atoms with E-state index in [1.54, 1.807) is 38.3 Å². The number of halogens is 1. The number of allylic oxidation sites excluding steroid dienone is 1. The third-order valence-corrected chi connectivity index (χ3v) is 8.38. The van der Waals surface area contributed by atoms with Gasteiger partial charge in [0, 0.05) is 16.4 Å². The number of carbonyl (C=O) groups is 2. The number of fused-ring (bicyclic) bond motifs is 1. The average Bonchev–Trinajstić information content (AvgIpc) is 3.43. The molecular formula is C26H29ClN4O4S2. The molecule has 2 heterocycles. The molecule has 1 aliphatic carbocycles. The highest BCUT2D eigenvalue weighted by Crippen LogP contribution is 2.40. The summed E-state index contributed by atoms with van der Waals surface area (Å²) in [4.78, 5) is 26.9. The Bertz CT molecular complexity index is 1320. The van der Waals surface area contributed by atoms with E-state index in [4.69, 9.17) is 21.1 Å². The number of methoxy groups -OCH3 is 1. The lowest BCUT2D eigenvalue weighted by atomic mass is 9.88. The van der Waals surface area contributed by atoms with E-state index >= 15 is 0 Å². The molecule has 0 fully saturated rings. The first-order chi connectivity index (χ1) is 17.9. The van der Waals surface area contributed by atoms with Gasteiger partial charge in [0.25, 0.3) is 0 Å². The van der Waals surface area contributed by atoms with E-state index in [1.807, 2.05) is 4.57 Å². The maximum Gasteiger partial charge on any atom is 0.341 e. The number of hydrogen-bond donors (Lipinski definition) is 1. The Morgan fingerprint density at radius 3 is 2.92 bits per heavy atom. The van der Waals surface area contributed by atoms with Gasteiger partial charge >= 0.3 is 5.97 Å². The number of thiophene rings is 1. The van der Waals surface area contributed by atoms with Crippen LogP contribution in [-0.2, 0) is 28.9 Å². The molecule has 0 bridgehead atoms. The van der Waals surface area contributed by atoms with Gasteiger partial charge in [-0.25, -0.2) is 4.79 Å². The Morgan fingerprint density at radius 1 is 1.38 bits per heavy atom. The first-order valence-corrected chi connectivity index (χ1v) is 14.2. The van der Waals surface area contributed by atoms with Crippen LogP contribution in [0.3, 0.4) is 0 Å². The molecular weight excluding hydrogens is 532 g/mol. The van der Waals surface area contributed by atoms with Gasteiger partial charge in [0.1, 0.15) is 10.8 Å². The maximum absolute atomic E-state index is 13.0. The van der Waals surface area contributed by atoms with Gasteiger partial charge in [-0.15, -0.1) is 28.1 Å². The van der Waals surface area contributed by atoms with Crippen molar-refractivity contribution in [1.29, 1.82) is 0 Å². The minimum absolute atomic E-state index is 0.0865. The Morgan fingerprint density at radius 2 is 2.19 bits per heavy atom. The topological polar surface area (TPSA) is 95.3 Å². The minimum Gasteiger partial charge on any atom is -0.496 e. The summed E-state index contributed by atoms with van der Waals surface area (Å²) in [6, 6.07) is 5.28. The molecule has 2 aromatic heterocycles. The molecule has 1 N–H and O–H groups in total. The van der Waals surface area contributed by atoms with Crippen molar-refractivity contribution in [3.8, 4) is 17.1 Å². The SMILES string of the molecule is C=CCn1c(SCC(=O)Nc2sc3c(c2C(=O)OCC)CCC(C)C3)nnc1-c1cc(Cl)ccc1OC. The normalized spacial score (nSPS) is 14.6. The zero-order chi connectivity index (χ0) is 26.5. The van der Waals surface area contributed by atoms with Crippen LogP contribution in [0.2, 0.25) is 5.02 Å². The lowest BCUT2D eigenvalue weighted by Gasteiger charge is -2.18. The molecule has 0 saturated heterocycles. The summed E-state index contributed by atoms with van der Waals surface area (Å²) in [5.74, 6) is 1.18. The molecule has 1 atom stereocenters. The van der Waals surface area contributed by atoms with Crippen LogP contribution < -0.4 is 10.1 Å². The number of amides is 1. The fraction of sp³-hybridized carbons (Fsp3) is 0.385. The smallest absolute Gasteiger partial charge is 0.341 e. The van der Waals surface area contributed by atoms with Crippen LogP contribution in [0.25, 0.3) is 11.4 Å². The van der Waals surface area contributed by atoms with E-state index in [-0.39, 0.29) is 24.2 Å². The number of hydrogen-bond acceptors (Lipinski definition) is 8. The number of rotatable bonds is 10. The Labute approximate surface area is 229 Å². The highest BCUT2D eigenvalue weighted by Gasteiger charge is 2.29. The van der Waals surface area contributed by atoms with Crippen molar-refractivity contribution in [3.63, 3.8) is 0 Å². The molecule has 196 valence electrons. The second-order valence-electron chi connectivity index (χ2n) is 8.66. The van der Waals surface area contributed by atoms with Gasteiger partial charge in [0.05, 0.1) is 30.6 Å². The molecule has 1 amide bonds. The van der Waals surface area contributed by atoms with Crippen LogP contribution in [-0.4, -0.2) is 46.1 Å². The molecule has 37 heavy (non-hydrogen) atoms. The number of benzene rings is 1. The Hall–Kier alpha value is -2.82. The lowest BCUT2D eigenvalue weighted by molar-refractivity contribution is -0.113. The molecule has 1 aliphatic rings. The molecule has 4 rings (SSSR count). The summed E-state index contributed by atoms with van der Waals surface area (Å²) in [6.07, 6.45) is 4.46. The number of nitrogens with one attached hydrogen (secondary N) is 1. The van der Waals surface area contributed by atoms with Gasteiger partial charge in [0.15, 0.2) is 11.0 Å². The number of nitrogens with zero attached hydrogens (tertiary/aromatic N) is 3. The van der Waals surface area contributed by atoms with E-state index < -0.39 is 0 Å². The number of ether oxygens (including phenoxy) is 2. The Kier molecular flexibility index (Phi) is 8.94. The van der Waals surface area contributed by atoms with E-state index in [0.717, 1.165) is 29.7 Å². The van der Waals surface area contributed by atoms with Crippen molar-refractivity contribution in [2.24, 2.45) is 5.92 Å². The van der Waals surface area contributed by atoms with Crippen LogP contribution in [0.5, 0.6) is 5.75 Å². The minimum atomic E-state index is -0.386. The quantitative estimate of drug-likeness (QED) is 0.188. The highest BCUT2D eigenvalue weighted by molar-refractivity contribution is 7.99. The molecule has 1 aromatic carbocycles. The van der Waals surface area contributed by atoms with E-state index in [9.17, 15) is 9.59 Å². The summed E-state index contributed by atoms with van der Waals surface area (Å²) in [5, 5.41) is 13.2. The standard InChI is InChI=1S/C26H29ClN4O4S2/c1-5-11-31-23(18-13-16(27)8-10-19(18)34-4)29-30-26(31)36-14-21(32)28-24-22(25(33)35-6-2)17-9-7-15(3)12-20(17)37-24/h5,8,10,13,15H,1,6-7,9,11-12,14H2,2-4H3,(H,28,32). The maximum atomic E-state index is 13.0. The molecule has 0 spiro atoms. The van der Waals surface area contributed by atoms with E-state index in [1.165, 1.54) is 23.1 Å². The number of anilines is 1. The number of esters is 1. The first-order valence-electron chi connectivity index (χ1n) is 12.0. The third kappa shape index (κ3) is 6.02. The third-order valence-electron chi connectivity index (χ3n) is 6.01. The molecule has 8 nitrogen and oxygen atoms in total. The van der Waals surface area contributed by atoms with Crippen molar-refractivity contribution >= 4 is 51.6 Å². The van der Waals surface area contributed by atoms with Crippen molar-refractivity contribution < 1.29 is 19.1 Å². The number of thioether (sulfide) groups is 1. The van der Waals surface area contributed by atoms with Crippen molar-refractivity contribution in [2.45, 2.75) is 44.8 Å². The monoisotopic (exact) mass is 560 g/mol. The molecule has 11 heteroatoms. The zero-order valence-electron chi connectivity index (χ0n) is 21.0. The fourth-order valence-corrected chi connectivity index (χ4v) is 6.63. The van der Waals surface area contributed by atoms with Crippen molar-refractivity contribution in [2.75, 3.05) is 24.8 Å². The van der Waals surface area contributed by atoms with Gasteiger partial charge in [0.2, 0.25) is 5.91 Å². The predicted octanol–water partition coefficient (Wildman–Crippen LogP) is 5.89. The van der Waals surface area contributed by atoms with Crippen LogP contribution >= 0.6 is 34.7 Å². The summed E-state index contributed by atoms with van der Waals surface area (Å²) < 4.78 is 12.6. The van der Waals surface area contributed by atoms with Gasteiger partial charge in [-0.1, -0.05) is 36.4 Å². The van der Waals surface area contributed by atoms with Crippen molar-refractivity contribution in [1.82, 2.24) is 14.8 Å². The van der Waals surface area contributed by atoms with Gasteiger partial charge in [-0.3, -0.25) is 9.36 Å². The predicted molar refractivity (Wildman–Crippen MR) is 148 cm³/mol. The Balaban J connectivity index is 1.54. The van der Waals surface area contributed by atoms with Gasteiger partial charge in [-0.2, -0.15) is 0 Å². The van der Waals surface area contributed by atoms with Gasteiger partial charge in [-0.05, 0) is 55.9 Å². The van der Waals surface area contributed by atoms with Crippen LogP contribution in [0.4, 0.5) is 5.00 Å². The molecule has 0 saturated carbocycles. The highest BCUT2D eigenvalue weighted by atomic mass is 35.5. The van der Waals surface area contributed by atoms with Crippen LogP contribution in [0.1, 0.15) is 41.1 Å². The van der Waals surface area contributed by atoms with E-state index in [2.05, 4.69) is 29.0 Å². The number of carbonyl (C=O) groups excluding carboxylic acids is 2. The fourth-order valence-electron chi connectivity index (χ4n) is 4.29. The molecule has 0 radical (unpaired) electrons. The summed E-state index contributed by atoms with van der Waals surface area (Å²) in [7, 11) is 1.58. The molecule has 3 aromatic rings. The molecule has 0 aliphatic heterocycles. The second kappa shape index (κ2) is 12.1. The first kappa shape index (κ1) is 27.2. The van der Waals surface area contributed by atoms with Gasteiger partial charge < -0.3 is 14.8 Å².